The average Bonchev–Trinajstić information content (AvgIpc) is 2.30. The zero-order valence-electron chi connectivity index (χ0n) is 9.99. The van der Waals surface area contributed by atoms with Crippen LogP contribution in [0.2, 0.25) is 0 Å². The Labute approximate surface area is 97.1 Å². The van der Waals surface area contributed by atoms with Gasteiger partial charge >= 0.3 is 0 Å². The first-order valence-corrected chi connectivity index (χ1v) is 5.93. The lowest BCUT2D eigenvalue weighted by Gasteiger charge is -2.07. The number of benzene rings is 2. The van der Waals surface area contributed by atoms with E-state index in [4.69, 9.17) is 4.74 Å². The normalized spacial score (nSPS) is 10.6. The van der Waals surface area contributed by atoms with Crippen molar-refractivity contribution >= 4 is 10.8 Å². The van der Waals surface area contributed by atoms with Gasteiger partial charge in [-0.05, 0) is 41.8 Å². The van der Waals surface area contributed by atoms with Crippen molar-refractivity contribution in [3.8, 4) is 5.75 Å². The van der Waals surface area contributed by atoms with Crippen molar-refractivity contribution in [2.45, 2.75) is 26.7 Å². The molecule has 0 aliphatic heterocycles. The molecule has 0 unspecified atom stereocenters. The molecule has 2 aromatic rings. The molecule has 1 heteroatoms. The van der Waals surface area contributed by atoms with E-state index in [9.17, 15) is 0 Å². The SMILES string of the molecule is CCCCOc1ccc2c(C)cccc2c1. The molecule has 0 aromatic heterocycles. The van der Waals surface area contributed by atoms with E-state index in [0.717, 1.165) is 18.8 Å². The molecule has 0 radical (unpaired) electrons. The summed E-state index contributed by atoms with van der Waals surface area (Å²) in [5.41, 5.74) is 1.32. The predicted octanol–water partition coefficient (Wildman–Crippen LogP) is 4.33. The van der Waals surface area contributed by atoms with Crippen LogP contribution in [0.15, 0.2) is 36.4 Å². The van der Waals surface area contributed by atoms with Gasteiger partial charge in [-0.1, -0.05) is 37.6 Å². The van der Waals surface area contributed by atoms with Crippen LogP contribution < -0.4 is 4.74 Å². The molecule has 0 amide bonds. The number of hydrogen-bond acceptors (Lipinski definition) is 1. The Kier molecular flexibility index (Phi) is 3.45. The maximum absolute atomic E-state index is 5.69. The van der Waals surface area contributed by atoms with Gasteiger partial charge in [0.05, 0.1) is 6.61 Å². The molecular weight excluding hydrogens is 196 g/mol. The molecule has 1 nitrogen and oxygen atoms in total. The van der Waals surface area contributed by atoms with Crippen molar-refractivity contribution in [2.24, 2.45) is 0 Å². The van der Waals surface area contributed by atoms with Crippen LogP contribution in [0.25, 0.3) is 10.8 Å². The lowest BCUT2D eigenvalue weighted by molar-refractivity contribution is 0.310. The van der Waals surface area contributed by atoms with Crippen LogP contribution in [0.5, 0.6) is 5.75 Å². The summed E-state index contributed by atoms with van der Waals surface area (Å²) in [5, 5.41) is 2.57. The highest BCUT2D eigenvalue weighted by Crippen LogP contribution is 2.23. The first-order chi connectivity index (χ1) is 7.81. The summed E-state index contributed by atoms with van der Waals surface area (Å²) in [7, 11) is 0. The van der Waals surface area contributed by atoms with Crippen molar-refractivity contribution in [3.05, 3.63) is 42.0 Å². The molecule has 0 saturated carbocycles. The smallest absolute Gasteiger partial charge is 0.119 e. The quantitative estimate of drug-likeness (QED) is 0.688. The van der Waals surface area contributed by atoms with E-state index in [1.807, 2.05) is 0 Å². The van der Waals surface area contributed by atoms with E-state index < -0.39 is 0 Å². The molecule has 0 spiro atoms. The fourth-order valence-electron chi connectivity index (χ4n) is 1.85. The van der Waals surface area contributed by atoms with Crippen LogP contribution in [-0.4, -0.2) is 6.61 Å². The fourth-order valence-corrected chi connectivity index (χ4v) is 1.85. The second-order valence-electron chi connectivity index (χ2n) is 4.16. The molecule has 0 bridgehead atoms. The van der Waals surface area contributed by atoms with Gasteiger partial charge in [0.15, 0.2) is 0 Å². The van der Waals surface area contributed by atoms with Gasteiger partial charge in [-0.15, -0.1) is 0 Å². The van der Waals surface area contributed by atoms with Gasteiger partial charge in [-0.3, -0.25) is 0 Å². The topological polar surface area (TPSA) is 9.23 Å². The molecule has 0 N–H and O–H groups in total. The van der Waals surface area contributed by atoms with E-state index in [0.29, 0.717) is 0 Å². The van der Waals surface area contributed by atoms with E-state index in [-0.39, 0.29) is 0 Å². The largest absolute Gasteiger partial charge is 0.494 e. The third-order valence-electron chi connectivity index (χ3n) is 2.84. The first-order valence-electron chi connectivity index (χ1n) is 5.93. The second-order valence-corrected chi connectivity index (χ2v) is 4.16. The van der Waals surface area contributed by atoms with Gasteiger partial charge in [-0.25, -0.2) is 0 Å². The average molecular weight is 214 g/mol. The molecular formula is C15H18O. The highest BCUT2D eigenvalue weighted by molar-refractivity contribution is 5.86. The standard InChI is InChI=1S/C15H18O/c1-3-4-10-16-14-8-9-15-12(2)6-5-7-13(15)11-14/h5-9,11H,3-4,10H2,1-2H3. The Morgan fingerprint density at radius 3 is 2.81 bits per heavy atom. The number of rotatable bonds is 4. The number of unbranched alkanes of at least 4 members (excludes halogenated alkanes) is 1. The first kappa shape index (κ1) is 11.0. The molecule has 2 rings (SSSR count). The molecule has 0 fully saturated rings. The van der Waals surface area contributed by atoms with Crippen molar-refractivity contribution in [1.82, 2.24) is 0 Å². The van der Waals surface area contributed by atoms with Gasteiger partial charge in [0.1, 0.15) is 5.75 Å². The van der Waals surface area contributed by atoms with E-state index in [1.165, 1.54) is 22.8 Å². The Morgan fingerprint density at radius 1 is 1.12 bits per heavy atom. The molecule has 0 atom stereocenters. The Balaban J connectivity index is 2.23. The third kappa shape index (κ3) is 2.35. The number of aryl methyl sites for hydroxylation is 1. The van der Waals surface area contributed by atoms with Crippen LogP contribution in [0.4, 0.5) is 0 Å². The Hall–Kier alpha value is -1.50. The van der Waals surface area contributed by atoms with Gasteiger partial charge in [0.25, 0.3) is 0 Å². The van der Waals surface area contributed by atoms with E-state index in [1.54, 1.807) is 0 Å². The van der Waals surface area contributed by atoms with Crippen molar-refractivity contribution in [3.63, 3.8) is 0 Å². The third-order valence-corrected chi connectivity index (χ3v) is 2.84. The van der Waals surface area contributed by atoms with Gasteiger partial charge in [0.2, 0.25) is 0 Å². The van der Waals surface area contributed by atoms with Gasteiger partial charge in [-0.2, -0.15) is 0 Å². The maximum Gasteiger partial charge on any atom is 0.119 e. The van der Waals surface area contributed by atoms with Crippen LogP contribution >= 0.6 is 0 Å². The van der Waals surface area contributed by atoms with Crippen molar-refractivity contribution in [2.75, 3.05) is 6.61 Å². The van der Waals surface area contributed by atoms with Gasteiger partial charge in [0, 0.05) is 0 Å². The number of hydrogen-bond donors (Lipinski definition) is 0. The van der Waals surface area contributed by atoms with Crippen LogP contribution in [0.3, 0.4) is 0 Å². The molecule has 0 heterocycles. The summed E-state index contributed by atoms with van der Waals surface area (Å²) in [6, 6.07) is 12.7. The van der Waals surface area contributed by atoms with Crippen molar-refractivity contribution < 1.29 is 4.74 Å². The summed E-state index contributed by atoms with van der Waals surface area (Å²) in [5.74, 6) is 0.978. The van der Waals surface area contributed by atoms with Gasteiger partial charge < -0.3 is 4.74 Å². The zero-order chi connectivity index (χ0) is 11.4. The molecule has 16 heavy (non-hydrogen) atoms. The zero-order valence-corrected chi connectivity index (χ0v) is 9.99. The maximum atomic E-state index is 5.69. The lowest BCUT2D eigenvalue weighted by Crippen LogP contribution is -1.96. The second kappa shape index (κ2) is 5.02. The molecule has 0 aliphatic carbocycles. The predicted molar refractivity (Wildman–Crippen MR) is 69.1 cm³/mol. The molecule has 0 saturated heterocycles. The number of fused-ring (bicyclic) bond motifs is 1. The van der Waals surface area contributed by atoms with Crippen LogP contribution in [0.1, 0.15) is 25.3 Å². The van der Waals surface area contributed by atoms with Crippen LogP contribution in [-0.2, 0) is 0 Å². The Bertz CT molecular complexity index is 474. The monoisotopic (exact) mass is 214 g/mol. The van der Waals surface area contributed by atoms with E-state index in [2.05, 4.69) is 50.2 Å². The summed E-state index contributed by atoms with van der Waals surface area (Å²) >= 11 is 0. The van der Waals surface area contributed by atoms with E-state index >= 15 is 0 Å². The van der Waals surface area contributed by atoms with Crippen molar-refractivity contribution in [1.29, 1.82) is 0 Å². The summed E-state index contributed by atoms with van der Waals surface area (Å²) in [6.45, 7) is 5.13. The highest BCUT2D eigenvalue weighted by Gasteiger charge is 1.99. The highest BCUT2D eigenvalue weighted by atomic mass is 16.5. The summed E-state index contributed by atoms with van der Waals surface area (Å²) in [6.07, 6.45) is 2.29. The fraction of sp³-hybridized carbons (Fsp3) is 0.333. The minimum absolute atomic E-state index is 0.813. The number of ether oxygens (including phenoxy) is 1. The summed E-state index contributed by atoms with van der Waals surface area (Å²) in [4.78, 5) is 0. The minimum Gasteiger partial charge on any atom is -0.494 e. The molecule has 2 aromatic carbocycles. The molecule has 84 valence electrons. The lowest BCUT2D eigenvalue weighted by atomic mass is 10.1. The Morgan fingerprint density at radius 2 is 2.00 bits per heavy atom. The summed E-state index contributed by atoms with van der Waals surface area (Å²) < 4.78 is 5.69. The minimum atomic E-state index is 0.813. The molecule has 0 aliphatic rings. The van der Waals surface area contributed by atoms with Crippen LogP contribution in [0, 0.1) is 6.92 Å².